The summed E-state index contributed by atoms with van der Waals surface area (Å²) in [5.41, 5.74) is 4.23. The van der Waals surface area contributed by atoms with Crippen LogP contribution >= 0.6 is 11.6 Å². The fraction of sp³-hybridized carbons (Fsp3) is 0.200. The van der Waals surface area contributed by atoms with E-state index in [0.717, 1.165) is 22.0 Å². The van der Waals surface area contributed by atoms with Crippen LogP contribution in [0.4, 0.5) is 5.69 Å². The van der Waals surface area contributed by atoms with Gasteiger partial charge in [-0.2, -0.15) is 0 Å². The maximum atomic E-state index is 13.7. The molecular formula is C30H27ClN2O5. The van der Waals surface area contributed by atoms with Gasteiger partial charge in [-0.15, -0.1) is 0 Å². The first kappa shape index (κ1) is 25.4. The van der Waals surface area contributed by atoms with Crippen LogP contribution in [0.5, 0.6) is 11.5 Å². The number of hydrogen-bond donors (Lipinski definition) is 1. The summed E-state index contributed by atoms with van der Waals surface area (Å²) in [5.74, 6) is -1.31. The Labute approximate surface area is 225 Å². The highest BCUT2D eigenvalue weighted by Crippen LogP contribution is 2.46. The lowest BCUT2D eigenvalue weighted by Crippen LogP contribution is -2.29. The van der Waals surface area contributed by atoms with Crippen molar-refractivity contribution in [3.8, 4) is 11.5 Å². The highest BCUT2D eigenvalue weighted by molar-refractivity contribution is 6.52. The van der Waals surface area contributed by atoms with Gasteiger partial charge in [-0.25, -0.2) is 0 Å². The van der Waals surface area contributed by atoms with E-state index in [0.29, 0.717) is 17.0 Å². The molecule has 0 saturated carbocycles. The maximum absolute atomic E-state index is 13.7. The normalized spacial score (nSPS) is 16.9. The zero-order valence-electron chi connectivity index (χ0n) is 21.7. The van der Waals surface area contributed by atoms with Crippen LogP contribution in [0, 0.1) is 13.8 Å². The van der Waals surface area contributed by atoms with Crippen molar-refractivity contribution in [2.45, 2.75) is 19.9 Å². The van der Waals surface area contributed by atoms with Crippen LogP contribution in [0.25, 0.3) is 16.7 Å². The third kappa shape index (κ3) is 4.00. The number of hydrogen-bond acceptors (Lipinski definition) is 5. The fourth-order valence-corrected chi connectivity index (χ4v) is 5.50. The Kier molecular flexibility index (Phi) is 6.41. The van der Waals surface area contributed by atoms with Gasteiger partial charge in [0.2, 0.25) is 0 Å². The number of anilines is 1. The topological polar surface area (TPSA) is 81.0 Å². The monoisotopic (exact) mass is 530 g/mol. The highest BCUT2D eigenvalue weighted by atomic mass is 35.5. The Balaban J connectivity index is 1.84. The predicted molar refractivity (Wildman–Crippen MR) is 148 cm³/mol. The van der Waals surface area contributed by atoms with Gasteiger partial charge in [0.25, 0.3) is 11.7 Å². The Hall–Kier alpha value is -4.23. The summed E-state index contributed by atoms with van der Waals surface area (Å²) in [6, 6.07) is 15.6. The largest absolute Gasteiger partial charge is 0.507 e. The third-order valence-electron chi connectivity index (χ3n) is 6.88. The van der Waals surface area contributed by atoms with E-state index < -0.39 is 17.7 Å². The minimum Gasteiger partial charge on any atom is -0.507 e. The molecule has 5 rings (SSSR count). The van der Waals surface area contributed by atoms with Gasteiger partial charge in [0.05, 0.1) is 36.4 Å². The van der Waals surface area contributed by atoms with Crippen molar-refractivity contribution < 1.29 is 24.2 Å². The maximum Gasteiger partial charge on any atom is 0.300 e. The zero-order valence-corrected chi connectivity index (χ0v) is 22.5. The third-order valence-corrected chi connectivity index (χ3v) is 7.18. The molecule has 4 aromatic rings. The van der Waals surface area contributed by atoms with Crippen molar-refractivity contribution in [3.05, 3.63) is 93.6 Å². The van der Waals surface area contributed by atoms with Gasteiger partial charge in [0.1, 0.15) is 17.3 Å². The lowest BCUT2D eigenvalue weighted by Gasteiger charge is -2.26. The van der Waals surface area contributed by atoms with Crippen molar-refractivity contribution in [1.82, 2.24) is 4.57 Å². The number of carbonyl (C=O) groups excluding carboxylic acids is 2. The van der Waals surface area contributed by atoms with Crippen molar-refractivity contribution in [1.29, 1.82) is 0 Å². The van der Waals surface area contributed by atoms with Gasteiger partial charge in [0, 0.05) is 41.5 Å². The number of aliphatic hydroxyl groups excluding tert-OH is 1. The molecule has 8 heteroatoms. The molecule has 2 heterocycles. The Bertz CT molecular complexity index is 1630. The van der Waals surface area contributed by atoms with Gasteiger partial charge in [-0.3, -0.25) is 14.5 Å². The molecule has 1 aliphatic heterocycles. The number of ether oxygens (including phenoxy) is 2. The van der Waals surface area contributed by atoms with Gasteiger partial charge >= 0.3 is 0 Å². The second-order valence-electron chi connectivity index (χ2n) is 9.41. The average Bonchev–Trinajstić information content (AvgIpc) is 3.36. The predicted octanol–water partition coefficient (Wildman–Crippen LogP) is 6.09. The molecule has 0 spiro atoms. The number of fused-ring (bicyclic) bond motifs is 1. The molecule has 1 aromatic heterocycles. The minimum atomic E-state index is -0.895. The number of aliphatic hydroxyl groups is 1. The van der Waals surface area contributed by atoms with Crippen LogP contribution in [0.2, 0.25) is 5.02 Å². The summed E-state index contributed by atoms with van der Waals surface area (Å²) < 4.78 is 12.7. The van der Waals surface area contributed by atoms with E-state index >= 15 is 0 Å². The number of halogens is 1. The Morgan fingerprint density at radius 2 is 1.61 bits per heavy atom. The van der Waals surface area contributed by atoms with Crippen LogP contribution in [0.3, 0.4) is 0 Å². The van der Waals surface area contributed by atoms with Crippen molar-refractivity contribution >= 4 is 45.6 Å². The molecule has 3 aromatic carbocycles. The first-order valence-electron chi connectivity index (χ1n) is 12.0. The summed E-state index contributed by atoms with van der Waals surface area (Å²) in [7, 11) is 4.81. The molecular weight excluding hydrogens is 504 g/mol. The summed E-state index contributed by atoms with van der Waals surface area (Å²) >= 11 is 6.39. The number of Topliss-reactive ketones (excluding diaryl/α,β-unsaturated/α-hetero) is 1. The number of methoxy groups -OCH3 is 2. The second kappa shape index (κ2) is 9.58. The number of carbonyl (C=O) groups is 2. The molecule has 0 aliphatic carbocycles. The van der Waals surface area contributed by atoms with Crippen LogP contribution < -0.4 is 14.4 Å². The van der Waals surface area contributed by atoms with Crippen molar-refractivity contribution in [2.75, 3.05) is 19.1 Å². The molecule has 0 radical (unpaired) electrons. The molecule has 1 atom stereocenters. The smallest absolute Gasteiger partial charge is 0.300 e. The molecule has 194 valence electrons. The summed E-state index contributed by atoms with van der Waals surface area (Å²) in [4.78, 5) is 28.8. The number of aromatic nitrogens is 1. The summed E-state index contributed by atoms with van der Waals surface area (Å²) in [6.07, 6.45) is 1.89. The molecule has 38 heavy (non-hydrogen) atoms. The Morgan fingerprint density at radius 1 is 0.947 bits per heavy atom. The average molecular weight is 531 g/mol. The van der Waals surface area contributed by atoms with Crippen molar-refractivity contribution in [2.24, 2.45) is 7.05 Å². The van der Waals surface area contributed by atoms with Crippen LogP contribution in [-0.4, -0.2) is 35.6 Å². The number of aryl methyl sites for hydroxylation is 3. The number of amides is 1. The molecule has 0 bridgehead atoms. The fourth-order valence-electron chi connectivity index (χ4n) is 5.26. The van der Waals surface area contributed by atoms with E-state index in [4.69, 9.17) is 21.1 Å². The molecule has 1 saturated heterocycles. The van der Waals surface area contributed by atoms with E-state index in [-0.39, 0.29) is 27.7 Å². The SMILES string of the molecule is COc1cc(OC)c(/C(O)=C2\C(=O)C(=O)N(c3cc(C)cc(C)c3)C2c2cn(C)c3ccccc23)cc1Cl. The van der Waals surface area contributed by atoms with E-state index in [2.05, 4.69) is 0 Å². The first-order valence-corrected chi connectivity index (χ1v) is 12.4. The van der Waals surface area contributed by atoms with E-state index in [1.807, 2.05) is 74.1 Å². The molecule has 1 unspecified atom stereocenters. The minimum absolute atomic E-state index is 0.0509. The first-order chi connectivity index (χ1) is 18.2. The second-order valence-corrected chi connectivity index (χ2v) is 9.82. The van der Waals surface area contributed by atoms with Gasteiger partial charge in [0.15, 0.2) is 0 Å². The number of nitrogens with zero attached hydrogens (tertiary/aromatic N) is 2. The lowest BCUT2D eigenvalue weighted by atomic mass is 9.94. The molecule has 1 aliphatic rings. The van der Waals surface area contributed by atoms with Crippen LogP contribution in [0.15, 0.2) is 66.4 Å². The summed E-state index contributed by atoms with van der Waals surface area (Å²) in [5, 5.41) is 12.8. The van der Waals surface area contributed by atoms with Crippen LogP contribution in [0.1, 0.15) is 28.3 Å². The number of ketones is 1. The van der Waals surface area contributed by atoms with E-state index in [1.54, 1.807) is 0 Å². The Morgan fingerprint density at radius 3 is 2.26 bits per heavy atom. The highest BCUT2D eigenvalue weighted by Gasteiger charge is 2.48. The molecule has 1 fully saturated rings. The molecule has 7 nitrogen and oxygen atoms in total. The molecule has 1 N–H and O–H groups in total. The lowest BCUT2D eigenvalue weighted by molar-refractivity contribution is -0.132. The number of rotatable bonds is 5. The quantitative estimate of drug-likeness (QED) is 0.192. The van der Waals surface area contributed by atoms with Gasteiger partial charge < -0.3 is 19.1 Å². The van der Waals surface area contributed by atoms with E-state index in [1.165, 1.54) is 31.3 Å². The standard InChI is InChI=1S/C30H27ClN2O5/c1-16-10-17(2)12-18(11-16)33-27(21-15-32(3)23-9-7-6-8-19(21)23)26(29(35)30(33)36)28(34)20-13-22(31)25(38-5)14-24(20)37-4/h6-15,27,34H,1-5H3/b28-26+. The van der Waals surface area contributed by atoms with Crippen molar-refractivity contribution in [3.63, 3.8) is 0 Å². The van der Waals surface area contributed by atoms with E-state index in [9.17, 15) is 14.7 Å². The number of benzene rings is 3. The van der Waals surface area contributed by atoms with Gasteiger partial charge in [-0.05, 0) is 49.2 Å². The molecule has 1 amide bonds. The van der Waals surface area contributed by atoms with Gasteiger partial charge in [-0.1, -0.05) is 35.9 Å². The summed E-state index contributed by atoms with van der Waals surface area (Å²) in [6.45, 7) is 3.87. The zero-order chi connectivity index (χ0) is 27.3. The number of para-hydroxylation sites is 1. The van der Waals surface area contributed by atoms with Crippen LogP contribution in [-0.2, 0) is 16.6 Å².